The molecule has 0 aliphatic carbocycles. The molecular formula is C13H12FNO2S. The Hall–Kier alpha value is -1.75. The molecule has 0 aliphatic rings. The predicted octanol–water partition coefficient (Wildman–Crippen LogP) is 3.35. The molecule has 18 heavy (non-hydrogen) atoms. The van der Waals surface area contributed by atoms with Gasteiger partial charge in [-0.2, -0.15) is 0 Å². The molecule has 1 aromatic carbocycles. The lowest BCUT2D eigenvalue weighted by Crippen LogP contribution is -1.99. The maximum absolute atomic E-state index is 13.3. The fraction of sp³-hybridized carbons (Fsp3) is 0.231. The second kappa shape index (κ2) is 4.86. The molecule has 0 atom stereocenters. The van der Waals surface area contributed by atoms with Crippen LogP contribution in [-0.4, -0.2) is 18.1 Å². The lowest BCUT2D eigenvalue weighted by Gasteiger charge is -1.99. The molecule has 0 saturated heterocycles. The van der Waals surface area contributed by atoms with Crippen molar-refractivity contribution in [1.29, 1.82) is 0 Å². The fourth-order valence-corrected chi connectivity index (χ4v) is 2.63. The van der Waals surface area contributed by atoms with E-state index in [1.54, 1.807) is 6.92 Å². The van der Waals surface area contributed by atoms with Crippen LogP contribution in [0.2, 0.25) is 0 Å². The van der Waals surface area contributed by atoms with Gasteiger partial charge in [0, 0.05) is 5.56 Å². The first-order chi connectivity index (χ1) is 8.51. The van der Waals surface area contributed by atoms with Gasteiger partial charge in [-0.15, -0.1) is 11.3 Å². The van der Waals surface area contributed by atoms with E-state index in [2.05, 4.69) is 9.72 Å². The summed E-state index contributed by atoms with van der Waals surface area (Å²) in [6.45, 7) is 3.55. The Morgan fingerprint density at radius 1 is 1.33 bits per heavy atom. The minimum atomic E-state index is -0.413. The second-order valence-electron chi connectivity index (χ2n) is 3.94. The normalized spacial score (nSPS) is 10.4. The standard InChI is InChI=1S/C13H12FNO2S/c1-7-4-9(6-10(14)5-7)12-15-8(2)11(18-12)13(16)17-3/h4-6H,1-3H3. The first-order valence-electron chi connectivity index (χ1n) is 5.34. The van der Waals surface area contributed by atoms with Crippen LogP contribution >= 0.6 is 11.3 Å². The van der Waals surface area contributed by atoms with E-state index in [0.717, 1.165) is 5.56 Å². The SMILES string of the molecule is COC(=O)c1sc(-c2cc(C)cc(F)c2)nc1C. The third-order valence-electron chi connectivity index (χ3n) is 2.46. The van der Waals surface area contributed by atoms with Crippen LogP contribution in [0, 0.1) is 19.7 Å². The van der Waals surface area contributed by atoms with Gasteiger partial charge in [0.05, 0.1) is 12.8 Å². The van der Waals surface area contributed by atoms with Gasteiger partial charge in [0.25, 0.3) is 0 Å². The van der Waals surface area contributed by atoms with Crippen molar-refractivity contribution in [2.45, 2.75) is 13.8 Å². The summed E-state index contributed by atoms with van der Waals surface area (Å²) in [6.07, 6.45) is 0. The molecule has 5 heteroatoms. The van der Waals surface area contributed by atoms with Crippen LogP contribution in [0.4, 0.5) is 4.39 Å². The van der Waals surface area contributed by atoms with Gasteiger partial charge in [-0.3, -0.25) is 0 Å². The topological polar surface area (TPSA) is 39.2 Å². The van der Waals surface area contributed by atoms with Crippen LogP contribution in [-0.2, 0) is 4.74 Å². The first kappa shape index (κ1) is 12.7. The zero-order valence-corrected chi connectivity index (χ0v) is 11.1. The molecule has 0 spiro atoms. The van der Waals surface area contributed by atoms with Gasteiger partial charge in [-0.1, -0.05) is 0 Å². The Morgan fingerprint density at radius 3 is 2.67 bits per heavy atom. The van der Waals surface area contributed by atoms with Gasteiger partial charge in [0.15, 0.2) is 0 Å². The first-order valence-corrected chi connectivity index (χ1v) is 6.16. The highest BCUT2D eigenvalue weighted by atomic mass is 32.1. The highest BCUT2D eigenvalue weighted by Crippen LogP contribution is 2.29. The number of nitrogens with zero attached hydrogens (tertiary/aromatic N) is 1. The van der Waals surface area contributed by atoms with Crippen LogP contribution < -0.4 is 0 Å². The van der Waals surface area contributed by atoms with E-state index >= 15 is 0 Å². The van der Waals surface area contributed by atoms with E-state index < -0.39 is 5.97 Å². The Kier molecular flexibility index (Phi) is 3.43. The van der Waals surface area contributed by atoms with Crippen molar-refractivity contribution in [2.75, 3.05) is 7.11 Å². The number of benzene rings is 1. The van der Waals surface area contributed by atoms with Gasteiger partial charge >= 0.3 is 5.97 Å². The molecule has 1 aromatic heterocycles. The minimum absolute atomic E-state index is 0.308. The lowest BCUT2D eigenvalue weighted by molar-refractivity contribution is 0.0605. The number of ether oxygens (including phenoxy) is 1. The van der Waals surface area contributed by atoms with Crippen molar-refractivity contribution in [3.05, 3.63) is 40.2 Å². The third kappa shape index (κ3) is 2.41. The number of thiazole rings is 1. The van der Waals surface area contributed by atoms with Crippen LogP contribution in [0.25, 0.3) is 10.6 Å². The Morgan fingerprint density at radius 2 is 2.06 bits per heavy atom. The van der Waals surface area contributed by atoms with Crippen LogP contribution in [0.5, 0.6) is 0 Å². The lowest BCUT2D eigenvalue weighted by atomic mass is 10.1. The summed E-state index contributed by atoms with van der Waals surface area (Å²) in [5.74, 6) is -0.721. The van der Waals surface area contributed by atoms with E-state index in [0.29, 0.717) is 21.1 Å². The molecule has 3 nitrogen and oxygen atoms in total. The molecule has 0 unspecified atom stereocenters. The number of carbonyl (C=O) groups is 1. The van der Waals surface area contributed by atoms with Gasteiger partial charge in [-0.25, -0.2) is 14.2 Å². The molecule has 0 radical (unpaired) electrons. The third-order valence-corrected chi connectivity index (χ3v) is 3.64. The summed E-state index contributed by atoms with van der Waals surface area (Å²) in [5.41, 5.74) is 2.09. The van der Waals surface area contributed by atoms with E-state index in [9.17, 15) is 9.18 Å². The molecule has 2 aromatic rings. The molecule has 0 fully saturated rings. The van der Waals surface area contributed by atoms with Crippen molar-refractivity contribution >= 4 is 17.3 Å². The average molecular weight is 265 g/mol. The van der Waals surface area contributed by atoms with E-state index in [4.69, 9.17) is 0 Å². The van der Waals surface area contributed by atoms with Crippen LogP contribution in [0.1, 0.15) is 20.9 Å². The highest BCUT2D eigenvalue weighted by molar-refractivity contribution is 7.17. The minimum Gasteiger partial charge on any atom is -0.465 e. The van der Waals surface area contributed by atoms with Crippen molar-refractivity contribution in [1.82, 2.24) is 4.98 Å². The quantitative estimate of drug-likeness (QED) is 0.782. The highest BCUT2D eigenvalue weighted by Gasteiger charge is 2.16. The molecule has 0 aliphatic heterocycles. The number of hydrogen-bond donors (Lipinski definition) is 0. The maximum atomic E-state index is 13.3. The van der Waals surface area contributed by atoms with Crippen molar-refractivity contribution < 1.29 is 13.9 Å². The zero-order chi connectivity index (χ0) is 13.3. The molecule has 0 amide bonds. The number of halogens is 1. The number of hydrogen-bond acceptors (Lipinski definition) is 4. The molecule has 94 valence electrons. The van der Waals surface area contributed by atoms with E-state index in [1.165, 1.54) is 30.6 Å². The molecule has 2 rings (SSSR count). The van der Waals surface area contributed by atoms with E-state index in [1.807, 2.05) is 13.0 Å². The second-order valence-corrected chi connectivity index (χ2v) is 4.94. The van der Waals surface area contributed by atoms with Gasteiger partial charge in [-0.05, 0) is 37.6 Å². The summed E-state index contributed by atoms with van der Waals surface area (Å²) in [4.78, 5) is 16.2. The molecular weight excluding hydrogens is 253 g/mol. The Bertz CT molecular complexity index is 587. The number of rotatable bonds is 2. The van der Waals surface area contributed by atoms with Crippen molar-refractivity contribution in [3.8, 4) is 10.6 Å². The smallest absolute Gasteiger partial charge is 0.349 e. The molecule has 1 heterocycles. The summed E-state index contributed by atoms with van der Waals surface area (Å²) in [5, 5.41) is 0.621. The molecule has 0 saturated carbocycles. The predicted molar refractivity (Wildman–Crippen MR) is 68.3 cm³/mol. The molecule has 0 N–H and O–H groups in total. The Balaban J connectivity index is 2.48. The molecule has 0 bridgehead atoms. The Labute approximate surface area is 108 Å². The number of aryl methyl sites for hydroxylation is 2. The maximum Gasteiger partial charge on any atom is 0.349 e. The zero-order valence-electron chi connectivity index (χ0n) is 10.3. The monoisotopic (exact) mass is 265 g/mol. The summed E-state index contributed by atoms with van der Waals surface area (Å²) >= 11 is 1.21. The van der Waals surface area contributed by atoms with E-state index in [-0.39, 0.29) is 5.82 Å². The van der Waals surface area contributed by atoms with Crippen molar-refractivity contribution in [3.63, 3.8) is 0 Å². The van der Waals surface area contributed by atoms with Crippen LogP contribution in [0.15, 0.2) is 18.2 Å². The van der Waals surface area contributed by atoms with Gasteiger partial charge in [0.2, 0.25) is 0 Å². The van der Waals surface area contributed by atoms with Gasteiger partial charge < -0.3 is 4.74 Å². The fourth-order valence-electron chi connectivity index (χ4n) is 1.66. The number of methoxy groups -OCH3 is 1. The number of aromatic nitrogens is 1. The summed E-state index contributed by atoms with van der Waals surface area (Å²) in [7, 11) is 1.33. The van der Waals surface area contributed by atoms with Crippen LogP contribution in [0.3, 0.4) is 0 Å². The average Bonchev–Trinajstić information content (AvgIpc) is 2.69. The largest absolute Gasteiger partial charge is 0.465 e. The van der Waals surface area contributed by atoms with Gasteiger partial charge in [0.1, 0.15) is 15.7 Å². The summed E-state index contributed by atoms with van der Waals surface area (Å²) in [6, 6.07) is 4.69. The number of carbonyl (C=O) groups excluding carboxylic acids is 1. The van der Waals surface area contributed by atoms with Crippen molar-refractivity contribution in [2.24, 2.45) is 0 Å². The number of esters is 1. The summed E-state index contributed by atoms with van der Waals surface area (Å²) < 4.78 is 18.0.